The second-order valence-corrected chi connectivity index (χ2v) is 17.3. The van der Waals surface area contributed by atoms with Crippen LogP contribution in [0.4, 0.5) is 28.4 Å². The van der Waals surface area contributed by atoms with Crippen LogP contribution in [-0.2, 0) is 5.41 Å². The molecule has 2 aliphatic rings. The molecule has 1 N–H and O–H groups in total. The Morgan fingerprint density at radius 3 is 1.87 bits per heavy atom. The van der Waals surface area contributed by atoms with Gasteiger partial charge in [-0.05, 0) is 112 Å². The summed E-state index contributed by atoms with van der Waals surface area (Å²) in [6.07, 6.45) is 0. The lowest BCUT2D eigenvalue weighted by atomic mass is 9.57. The summed E-state index contributed by atoms with van der Waals surface area (Å²) >= 11 is 0. The van der Waals surface area contributed by atoms with Crippen molar-refractivity contribution in [2.45, 2.75) is 26.2 Å². The van der Waals surface area contributed by atoms with Gasteiger partial charge in [0.1, 0.15) is 0 Å². The molecule has 0 atom stereocenters. The Bertz CT molecular complexity index is 3330. The first-order valence-electron chi connectivity index (χ1n) is 21.6. The SMILES string of the molecule is Cc1ccc(Nc2ccc(N(c3ccccc3)c3ccccc3)cc2-c2cc(-c3ccccc3-c3ccccc3)c3c4cccc5c4n4c3c2[B]c2cccc(c2-4)C5(C)C)cc1. The second-order valence-electron chi connectivity index (χ2n) is 17.3. The highest BCUT2D eigenvalue weighted by Gasteiger charge is 2.40. The molecule has 1 aromatic heterocycles. The molecule has 9 aromatic carbocycles. The van der Waals surface area contributed by atoms with Crippen LogP contribution in [0, 0.1) is 6.92 Å². The topological polar surface area (TPSA) is 20.2 Å². The Morgan fingerprint density at radius 2 is 1.15 bits per heavy atom. The van der Waals surface area contributed by atoms with Crippen LogP contribution in [0.15, 0.2) is 200 Å². The fourth-order valence-electron chi connectivity index (χ4n) is 10.3. The van der Waals surface area contributed by atoms with Crippen molar-refractivity contribution in [3.05, 3.63) is 217 Å². The fraction of sp³-hybridized carbons (Fsp3) is 0.0690. The van der Waals surface area contributed by atoms with Crippen LogP contribution in [0.25, 0.3) is 60.9 Å². The van der Waals surface area contributed by atoms with Crippen molar-refractivity contribution in [1.29, 1.82) is 0 Å². The number of aryl methyl sites for hydroxylation is 1. The number of aromatic nitrogens is 1. The van der Waals surface area contributed by atoms with Gasteiger partial charge >= 0.3 is 0 Å². The van der Waals surface area contributed by atoms with E-state index < -0.39 is 0 Å². The molecule has 0 unspecified atom stereocenters. The van der Waals surface area contributed by atoms with E-state index in [1.807, 2.05) is 0 Å². The summed E-state index contributed by atoms with van der Waals surface area (Å²) < 4.78 is 2.63. The molecule has 0 aliphatic carbocycles. The summed E-state index contributed by atoms with van der Waals surface area (Å²) in [5.41, 5.74) is 22.6. The smallest absolute Gasteiger partial charge is 0.197 e. The van der Waals surface area contributed by atoms with Crippen LogP contribution >= 0.6 is 0 Å². The van der Waals surface area contributed by atoms with Crippen molar-refractivity contribution in [3.63, 3.8) is 0 Å². The highest BCUT2D eigenvalue weighted by molar-refractivity contribution is 6.74. The lowest BCUT2D eigenvalue weighted by Gasteiger charge is -2.37. The lowest BCUT2D eigenvalue weighted by molar-refractivity contribution is 0.631. The largest absolute Gasteiger partial charge is 0.355 e. The lowest BCUT2D eigenvalue weighted by Crippen LogP contribution is -2.41. The second kappa shape index (κ2) is 14.0. The molecule has 293 valence electrons. The number of hydrogen-bond acceptors (Lipinski definition) is 2. The molecule has 10 aromatic rings. The minimum atomic E-state index is -0.177. The molecular formula is C58H43BN3. The number of para-hydroxylation sites is 4. The van der Waals surface area contributed by atoms with E-state index in [1.54, 1.807) is 0 Å². The first-order valence-corrected chi connectivity index (χ1v) is 21.6. The number of hydrogen-bond donors (Lipinski definition) is 1. The van der Waals surface area contributed by atoms with Gasteiger partial charge < -0.3 is 14.8 Å². The zero-order chi connectivity index (χ0) is 41.5. The average Bonchev–Trinajstić information content (AvgIpc) is 3.67. The molecule has 4 heteroatoms. The standard InChI is InChI=1S/C58H43BN3/c1-37-29-31-39(32-30-37)60-52-34-33-42(61(40-19-9-5-10-20-40)41-21-11-6-12-22-41)35-46(52)48-36-47(44-24-14-13-23-43(44)38-17-7-4-8-18-38)53-45-25-15-26-49-55(45)62-56-50(58(49,2)3)27-16-28-51(56)59-54(48)57(53)62/h4-36,60H,1-3H3. The summed E-state index contributed by atoms with van der Waals surface area (Å²) in [7, 11) is 2.47. The van der Waals surface area contributed by atoms with Crippen molar-refractivity contribution in [2.75, 3.05) is 10.2 Å². The highest BCUT2D eigenvalue weighted by Crippen LogP contribution is 2.51. The first kappa shape index (κ1) is 36.3. The van der Waals surface area contributed by atoms with Gasteiger partial charge in [0.25, 0.3) is 0 Å². The molecule has 3 heterocycles. The molecule has 0 fully saturated rings. The van der Waals surface area contributed by atoms with Crippen molar-refractivity contribution in [3.8, 4) is 39.1 Å². The zero-order valence-corrected chi connectivity index (χ0v) is 35.0. The average molecular weight is 793 g/mol. The number of nitrogens with zero attached hydrogens (tertiary/aromatic N) is 2. The van der Waals surface area contributed by atoms with E-state index in [0.29, 0.717) is 0 Å². The predicted molar refractivity (Wildman–Crippen MR) is 263 cm³/mol. The van der Waals surface area contributed by atoms with E-state index >= 15 is 0 Å². The zero-order valence-electron chi connectivity index (χ0n) is 35.0. The van der Waals surface area contributed by atoms with E-state index in [0.717, 1.165) is 34.0 Å². The molecule has 2 aliphatic heterocycles. The highest BCUT2D eigenvalue weighted by atomic mass is 15.1. The molecular weight excluding hydrogens is 749 g/mol. The van der Waals surface area contributed by atoms with Gasteiger partial charge in [-0.15, -0.1) is 0 Å². The normalized spacial score (nSPS) is 13.0. The number of nitrogens with one attached hydrogen (secondary N) is 1. The van der Waals surface area contributed by atoms with Gasteiger partial charge in [0.2, 0.25) is 0 Å². The third kappa shape index (κ3) is 5.53. The van der Waals surface area contributed by atoms with E-state index in [9.17, 15) is 0 Å². The van der Waals surface area contributed by atoms with Crippen LogP contribution < -0.4 is 21.1 Å². The van der Waals surface area contributed by atoms with Crippen LogP contribution in [0.5, 0.6) is 0 Å². The maximum absolute atomic E-state index is 3.91. The van der Waals surface area contributed by atoms with E-state index in [2.05, 4.69) is 243 Å². The van der Waals surface area contributed by atoms with Crippen molar-refractivity contribution >= 4 is 68.4 Å². The molecule has 1 radical (unpaired) electrons. The number of anilines is 5. The minimum absolute atomic E-state index is 0.177. The summed E-state index contributed by atoms with van der Waals surface area (Å²) in [4.78, 5) is 2.36. The Morgan fingerprint density at radius 1 is 0.500 bits per heavy atom. The molecule has 0 spiro atoms. The van der Waals surface area contributed by atoms with E-state index in [1.165, 1.54) is 82.9 Å². The van der Waals surface area contributed by atoms with E-state index in [4.69, 9.17) is 0 Å². The summed E-state index contributed by atoms with van der Waals surface area (Å²) in [6.45, 7) is 6.93. The molecule has 62 heavy (non-hydrogen) atoms. The van der Waals surface area contributed by atoms with Gasteiger partial charge in [-0.1, -0.05) is 164 Å². The van der Waals surface area contributed by atoms with Gasteiger partial charge in [0.15, 0.2) is 7.28 Å². The van der Waals surface area contributed by atoms with Gasteiger partial charge in [-0.3, -0.25) is 0 Å². The summed E-state index contributed by atoms with van der Waals surface area (Å²) in [5, 5.41) is 6.49. The quantitative estimate of drug-likeness (QED) is 0.155. The van der Waals surface area contributed by atoms with Gasteiger partial charge in [0.05, 0.1) is 5.52 Å². The minimum Gasteiger partial charge on any atom is -0.355 e. The van der Waals surface area contributed by atoms with Gasteiger partial charge in [-0.2, -0.15) is 0 Å². The fourth-order valence-corrected chi connectivity index (χ4v) is 10.3. The number of benzene rings is 9. The molecule has 3 nitrogen and oxygen atoms in total. The first-order chi connectivity index (χ1) is 30.4. The van der Waals surface area contributed by atoms with E-state index in [-0.39, 0.29) is 5.41 Å². The maximum atomic E-state index is 3.91. The third-order valence-electron chi connectivity index (χ3n) is 13.2. The monoisotopic (exact) mass is 792 g/mol. The Kier molecular flexibility index (Phi) is 8.20. The summed E-state index contributed by atoms with van der Waals surface area (Å²) in [5.74, 6) is 0. The number of fused-ring (bicyclic) bond motifs is 1. The van der Waals surface area contributed by atoms with Gasteiger partial charge in [-0.25, -0.2) is 0 Å². The van der Waals surface area contributed by atoms with Crippen LogP contribution in [-0.4, -0.2) is 11.8 Å². The maximum Gasteiger partial charge on any atom is 0.197 e. The Balaban J connectivity index is 1.23. The summed E-state index contributed by atoms with van der Waals surface area (Å²) in [6, 6.07) is 73.2. The molecule has 12 rings (SSSR count). The third-order valence-corrected chi connectivity index (χ3v) is 13.2. The van der Waals surface area contributed by atoms with Crippen LogP contribution in [0.2, 0.25) is 0 Å². The Hall–Kier alpha value is -7.56. The Labute approximate surface area is 363 Å². The molecule has 0 saturated carbocycles. The molecule has 0 saturated heterocycles. The number of rotatable bonds is 8. The van der Waals surface area contributed by atoms with Crippen molar-refractivity contribution < 1.29 is 0 Å². The van der Waals surface area contributed by atoms with Crippen molar-refractivity contribution in [2.24, 2.45) is 0 Å². The molecule has 0 bridgehead atoms. The predicted octanol–water partition coefficient (Wildman–Crippen LogP) is 13.9. The molecule has 0 amide bonds. The van der Waals surface area contributed by atoms with Gasteiger partial charge in [0, 0.05) is 61.4 Å². The van der Waals surface area contributed by atoms with Crippen LogP contribution in [0.1, 0.15) is 30.5 Å². The van der Waals surface area contributed by atoms with Crippen molar-refractivity contribution in [1.82, 2.24) is 4.57 Å². The van der Waals surface area contributed by atoms with Crippen LogP contribution in [0.3, 0.4) is 0 Å².